The molecule has 1 atom stereocenters. The van der Waals surface area contributed by atoms with Crippen LogP contribution in [0.4, 0.5) is 4.79 Å². The fourth-order valence-corrected chi connectivity index (χ4v) is 2.49. The predicted molar refractivity (Wildman–Crippen MR) is 80.8 cm³/mol. The summed E-state index contributed by atoms with van der Waals surface area (Å²) in [7, 11) is 0. The lowest BCUT2D eigenvalue weighted by Crippen LogP contribution is -2.50. The first-order chi connectivity index (χ1) is 9.78. The second-order valence-corrected chi connectivity index (χ2v) is 6.55. The van der Waals surface area contributed by atoms with Crippen LogP contribution in [0.1, 0.15) is 26.3 Å². The first-order valence-corrected chi connectivity index (χ1v) is 7.75. The molecule has 0 unspecified atom stereocenters. The van der Waals surface area contributed by atoms with Crippen molar-refractivity contribution < 1.29 is 19.4 Å². The molecule has 1 N–H and O–H groups in total. The van der Waals surface area contributed by atoms with Crippen LogP contribution in [0.2, 0.25) is 0 Å². The molecule has 0 bridgehead atoms. The normalized spacial score (nSPS) is 12.5. The van der Waals surface area contributed by atoms with E-state index in [1.165, 1.54) is 11.8 Å². The minimum atomic E-state index is -1.32. The van der Waals surface area contributed by atoms with Crippen molar-refractivity contribution >= 4 is 23.8 Å². The van der Waals surface area contributed by atoms with Gasteiger partial charge in [-0.1, -0.05) is 30.3 Å². The smallest absolute Gasteiger partial charge is 0.408 e. The highest BCUT2D eigenvalue weighted by molar-refractivity contribution is 7.98. The standard InChI is InChI=1S/C15H21NO4S/c1-15(2,3)20-14(19)16-12(13(17)18)10-21-9-11-7-5-4-6-8-11/h4-8,12H,9-10H2,1-3H3,(H,16,19)(H,17,18)/p-1/t12-/m0/s1. The molecule has 5 nitrogen and oxygen atoms in total. The van der Waals surface area contributed by atoms with E-state index in [0.29, 0.717) is 5.75 Å². The van der Waals surface area contributed by atoms with Gasteiger partial charge in [0.25, 0.3) is 0 Å². The number of carbonyl (C=O) groups is 2. The van der Waals surface area contributed by atoms with Crippen LogP contribution in [-0.4, -0.2) is 29.5 Å². The summed E-state index contributed by atoms with van der Waals surface area (Å²) in [6, 6.07) is 8.61. The number of carboxylic acids is 1. The van der Waals surface area contributed by atoms with Crippen molar-refractivity contribution in [2.75, 3.05) is 5.75 Å². The van der Waals surface area contributed by atoms with Crippen LogP contribution >= 0.6 is 11.8 Å². The lowest BCUT2D eigenvalue weighted by Gasteiger charge is -2.24. The highest BCUT2D eigenvalue weighted by Crippen LogP contribution is 2.13. The molecular weight excluding hydrogens is 290 g/mol. The van der Waals surface area contributed by atoms with E-state index < -0.39 is 23.7 Å². The van der Waals surface area contributed by atoms with Gasteiger partial charge in [0, 0.05) is 11.5 Å². The van der Waals surface area contributed by atoms with Crippen LogP contribution in [0.15, 0.2) is 30.3 Å². The number of hydrogen-bond acceptors (Lipinski definition) is 5. The molecule has 0 radical (unpaired) electrons. The first kappa shape index (κ1) is 17.4. The number of benzene rings is 1. The Kier molecular flexibility index (Phi) is 6.55. The Balaban J connectivity index is 2.43. The molecule has 0 heterocycles. The molecule has 0 saturated carbocycles. The van der Waals surface area contributed by atoms with Crippen LogP contribution in [-0.2, 0) is 15.3 Å². The number of rotatable bonds is 6. The molecule has 0 fully saturated rings. The number of amides is 1. The van der Waals surface area contributed by atoms with Gasteiger partial charge in [0.15, 0.2) is 0 Å². The van der Waals surface area contributed by atoms with Gasteiger partial charge in [0.1, 0.15) is 5.60 Å². The Morgan fingerprint density at radius 3 is 2.43 bits per heavy atom. The highest BCUT2D eigenvalue weighted by Gasteiger charge is 2.20. The van der Waals surface area contributed by atoms with Crippen LogP contribution < -0.4 is 10.4 Å². The number of thioether (sulfide) groups is 1. The zero-order chi connectivity index (χ0) is 15.9. The summed E-state index contributed by atoms with van der Waals surface area (Å²) >= 11 is 1.41. The molecule has 0 aliphatic rings. The summed E-state index contributed by atoms with van der Waals surface area (Å²) in [5.41, 5.74) is 0.425. The van der Waals surface area contributed by atoms with Gasteiger partial charge in [-0.2, -0.15) is 11.8 Å². The number of aliphatic carboxylic acids is 1. The molecule has 6 heteroatoms. The van der Waals surface area contributed by atoms with Gasteiger partial charge in [-0.3, -0.25) is 0 Å². The van der Waals surface area contributed by atoms with Gasteiger partial charge in [-0.15, -0.1) is 0 Å². The average Bonchev–Trinajstić information content (AvgIpc) is 2.36. The molecule has 1 rings (SSSR count). The van der Waals surface area contributed by atoms with E-state index in [9.17, 15) is 14.7 Å². The lowest BCUT2D eigenvalue weighted by atomic mass is 10.2. The third kappa shape index (κ3) is 7.60. The number of alkyl carbamates (subject to hydrolysis) is 1. The molecule has 0 saturated heterocycles. The third-order valence-electron chi connectivity index (χ3n) is 2.37. The molecule has 1 amide bonds. The topological polar surface area (TPSA) is 78.5 Å². The van der Waals surface area contributed by atoms with Crippen LogP contribution in [0.3, 0.4) is 0 Å². The molecular formula is C15H20NO4S-. The SMILES string of the molecule is CC(C)(C)OC(=O)N[C@@H](CSCc1ccccc1)C(=O)[O-]. The zero-order valence-electron chi connectivity index (χ0n) is 12.4. The maximum atomic E-state index is 11.6. The number of nitrogens with one attached hydrogen (secondary N) is 1. The second-order valence-electron chi connectivity index (χ2n) is 5.52. The monoisotopic (exact) mass is 310 g/mol. The Morgan fingerprint density at radius 2 is 1.90 bits per heavy atom. The molecule has 1 aromatic rings. The summed E-state index contributed by atoms with van der Waals surface area (Å²) < 4.78 is 5.03. The zero-order valence-corrected chi connectivity index (χ0v) is 13.2. The summed E-state index contributed by atoms with van der Waals surface area (Å²) in [5, 5.41) is 13.4. The Bertz CT molecular complexity index is 470. The average molecular weight is 310 g/mol. The number of carboxylic acid groups (broad SMARTS) is 1. The quantitative estimate of drug-likeness (QED) is 0.862. The van der Waals surface area contributed by atoms with Gasteiger partial charge >= 0.3 is 6.09 Å². The van der Waals surface area contributed by atoms with Crippen molar-refractivity contribution in [1.29, 1.82) is 0 Å². The molecule has 0 aromatic heterocycles. The molecule has 1 aromatic carbocycles. The number of hydrogen-bond donors (Lipinski definition) is 1. The largest absolute Gasteiger partial charge is 0.548 e. The van der Waals surface area contributed by atoms with E-state index >= 15 is 0 Å². The van der Waals surface area contributed by atoms with Crippen LogP contribution in [0, 0.1) is 0 Å². The molecule has 116 valence electrons. The maximum Gasteiger partial charge on any atom is 0.408 e. The van der Waals surface area contributed by atoms with Crippen molar-refractivity contribution in [3.8, 4) is 0 Å². The second kappa shape index (κ2) is 7.93. The lowest BCUT2D eigenvalue weighted by molar-refractivity contribution is -0.307. The van der Waals surface area contributed by atoms with Crippen molar-refractivity contribution in [3.05, 3.63) is 35.9 Å². The van der Waals surface area contributed by atoms with Gasteiger partial charge in [0.05, 0.1) is 12.0 Å². The van der Waals surface area contributed by atoms with E-state index in [2.05, 4.69) is 5.32 Å². The van der Waals surface area contributed by atoms with E-state index in [1.807, 2.05) is 30.3 Å². The summed E-state index contributed by atoms with van der Waals surface area (Å²) in [5.74, 6) is -0.432. The van der Waals surface area contributed by atoms with E-state index in [0.717, 1.165) is 5.56 Å². The number of ether oxygens (including phenoxy) is 1. The van der Waals surface area contributed by atoms with Crippen molar-refractivity contribution in [2.45, 2.75) is 38.2 Å². The minimum Gasteiger partial charge on any atom is -0.548 e. The predicted octanol–water partition coefficient (Wildman–Crippen LogP) is 1.56. The molecule has 0 aliphatic heterocycles. The maximum absolute atomic E-state index is 11.6. The fraction of sp³-hybridized carbons (Fsp3) is 0.467. The summed E-state index contributed by atoms with van der Waals surface area (Å²) in [4.78, 5) is 22.6. The van der Waals surface area contributed by atoms with Crippen LogP contribution in [0.25, 0.3) is 0 Å². The first-order valence-electron chi connectivity index (χ1n) is 6.60. The van der Waals surface area contributed by atoms with Gasteiger partial charge in [0.2, 0.25) is 0 Å². The summed E-state index contributed by atoms with van der Waals surface area (Å²) in [6.07, 6.45) is -0.753. The van der Waals surface area contributed by atoms with E-state index in [4.69, 9.17) is 4.74 Å². The van der Waals surface area contributed by atoms with Gasteiger partial charge in [-0.25, -0.2) is 4.79 Å². The van der Waals surface area contributed by atoms with Crippen molar-refractivity contribution in [3.63, 3.8) is 0 Å². The minimum absolute atomic E-state index is 0.219. The van der Waals surface area contributed by atoms with Crippen LogP contribution in [0.5, 0.6) is 0 Å². The highest BCUT2D eigenvalue weighted by atomic mass is 32.2. The van der Waals surface area contributed by atoms with Crippen molar-refractivity contribution in [1.82, 2.24) is 5.32 Å². The molecule has 0 spiro atoms. The van der Waals surface area contributed by atoms with Gasteiger partial charge < -0.3 is 20.0 Å². The molecule has 21 heavy (non-hydrogen) atoms. The molecule has 0 aliphatic carbocycles. The number of carbonyl (C=O) groups excluding carboxylic acids is 2. The Hall–Kier alpha value is -1.69. The summed E-state index contributed by atoms with van der Waals surface area (Å²) in [6.45, 7) is 5.14. The Labute approximate surface area is 129 Å². The fourth-order valence-electron chi connectivity index (χ4n) is 1.49. The van der Waals surface area contributed by atoms with E-state index in [-0.39, 0.29) is 5.75 Å². The third-order valence-corrected chi connectivity index (χ3v) is 3.48. The van der Waals surface area contributed by atoms with E-state index in [1.54, 1.807) is 20.8 Å². The van der Waals surface area contributed by atoms with Gasteiger partial charge in [-0.05, 0) is 26.3 Å². The van der Waals surface area contributed by atoms with Crippen molar-refractivity contribution in [2.24, 2.45) is 0 Å². The Morgan fingerprint density at radius 1 is 1.29 bits per heavy atom.